The second-order valence-corrected chi connectivity index (χ2v) is 4.14. The van der Waals surface area contributed by atoms with Crippen LogP contribution >= 0.6 is 0 Å². The van der Waals surface area contributed by atoms with Crippen LogP contribution in [0.1, 0.15) is 26.3 Å². The summed E-state index contributed by atoms with van der Waals surface area (Å²) in [6.07, 6.45) is 0.763. The summed E-state index contributed by atoms with van der Waals surface area (Å²) in [5, 5.41) is 4.06. The normalized spacial score (nSPS) is 11.6. The van der Waals surface area contributed by atoms with Gasteiger partial charge in [-0.25, -0.2) is 5.43 Å². The van der Waals surface area contributed by atoms with E-state index in [4.69, 9.17) is 0 Å². The number of hydrazone groups is 1. The van der Waals surface area contributed by atoms with E-state index in [1.165, 1.54) is 5.56 Å². The standard InChI is InChI=1S/C13H18N2O/c1-10(2)13(16)15-14-11(3)9-12-7-5-4-6-8-12/h4-8,10H,9H2,1-3H3,(H,15,16)/b14-11+. The lowest BCUT2D eigenvalue weighted by molar-refractivity contribution is -0.123. The smallest absolute Gasteiger partial charge is 0.242 e. The summed E-state index contributed by atoms with van der Waals surface area (Å²) in [7, 11) is 0. The fourth-order valence-electron chi connectivity index (χ4n) is 1.21. The van der Waals surface area contributed by atoms with Crippen LogP contribution in [-0.4, -0.2) is 11.6 Å². The summed E-state index contributed by atoms with van der Waals surface area (Å²) in [4.78, 5) is 11.3. The van der Waals surface area contributed by atoms with Crippen molar-refractivity contribution in [3.05, 3.63) is 35.9 Å². The van der Waals surface area contributed by atoms with E-state index in [-0.39, 0.29) is 11.8 Å². The first-order valence-corrected chi connectivity index (χ1v) is 5.46. The van der Waals surface area contributed by atoms with E-state index >= 15 is 0 Å². The molecule has 0 bridgehead atoms. The fourth-order valence-corrected chi connectivity index (χ4v) is 1.21. The van der Waals surface area contributed by atoms with Crippen molar-refractivity contribution < 1.29 is 4.79 Å². The fraction of sp³-hybridized carbons (Fsp3) is 0.385. The maximum Gasteiger partial charge on any atom is 0.242 e. The molecule has 0 saturated heterocycles. The molecule has 0 unspecified atom stereocenters. The number of benzene rings is 1. The summed E-state index contributed by atoms with van der Waals surface area (Å²) < 4.78 is 0. The topological polar surface area (TPSA) is 41.5 Å². The molecule has 0 radical (unpaired) electrons. The molecule has 0 heterocycles. The van der Waals surface area contributed by atoms with E-state index in [2.05, 4.69) is 10.5 Å². The minimum absolute atomic E-state index is 0.0340. The highest BCUT2D eigenvalue weighted by molar-refractivity contribution is 5.86. The van der Waals surface area contributed by atoms with Crippen LogP contribution in [-0.2, 0) is 11.2 Å². The summed E-state index contributed by atoms with van der Waals surface area (Å²) in [6.45, 7) is 5.60. The van der Waals surface area contributed by atoms with Gasteiger partial charge in [-0.3, -0.25) is 4.79 Å². The van der Waals surface area contributed by atoms with E-state index in [9.17, 15) is 4.79 Å². The minimum Gasteiger partial charge on any atom is -0.273 e. The van der Waals surface area contributed by atoms with Crippen molar-refractivity contribution in [2.45, 2.75) is 27.2 Å². The van der Waals surface area contributed by atoms with Crippen LogP contribution in [0.3, 0.4) is 0 Å². The van der Waals surface area contributed by atoms with Gasteiger partial charge in [0.05, 0.1) is 0 Å². The molecule has 0 fully saturated rings. The van der Waals surface area contributed by atoms with Crippen molar-refractivity contribution >= 4 is 11.6 Å². The molecule has 0 saturated carbocycles. The lowest BCUT2D eigenvalue weighted by Gasteiger charge is -2.04. The van der Waals surface area contributed by atoms with Gasteiger partial charge in [0.25, 0.3) is 0 Å². The van der Waals surface area contributed by atoms with Crippen molar-refractivity contribution in [2.75, 3.05) is 0 Å². The Morgan fingerprint density at radius 2 is 1.94 bits per heavy atom. The van der Waals surface area contributed by atoms with Gasteiger partial charge in [-0.15, -0.1) is 0 Å². The SMILES string of the molecule is C/C(Cc1ccccc1)=N\NC(=O)C(C)C. The van der Waals surface area contributed by atoms with Gasteiger partial charge in [-0.2, -0.15) is 5.10 Å². The van der Waals surface area contributed by atoms with Crippen molar-refractivity contribution in [1.82, 2.24) is 5.43 Å². The van der Waals surface area contributed by atoms with E-state index in [0.29, 0.717) is 0 Å². The quantitative estimate of drug-likeness (QED) is 0.612. The van der Waals surface area contributed by atoms with Crippen molar-refractivity contribution in [3.8, 4) is 0 Å². The number of hydrogen-bond acceptors (Lipinski definition) is 2. The molecule has 1 amide bonds. The second kappa shape index (κ2) is 6.05. The lowest BCUT2D eigenvalue weighted by Crippen LogP contribution is -2.24. The summed E-state index contributed by atoms with van der Waals surface area (Å²) in [6, 6.07) is 10.1. The molecule has 0 aliphatic carbocycles. The molecule has 0 atom stereocenters. The highest BCUT2D eigenvalue weighted by Crippen LogP contribution is 2.00. The van der Waals surface area contributed by atoms with Gasteiger partial charge in [0.1, 0.15) is 0 Å². The van der Waals surface area contributed by atoms with Crippen molar-refractivity contribution in [2.24, 2.45) is 11.0 Å². The highest BCUT2D eigenvalue weighted by Gasteiger charge is 2.04. The lowest BCUT2D eigenvalue weighted by atomic mass is 10.1. The average Bonchev–Trinajstić information content (AvgIpc) is 2.27. The maximum atomic E-state index is 11.3. The monoisotopic (exact) mass is 218 g/mol. The van der Waals surface area contributed by atoms with E-state index in [1.54, 1.807) is 0 Å². The molecular weight excluding hydrogens is 200 g/mol. The Balaban J connectivity index is 2.49. The first kappa shape index (κ1) is 12.4. The highest BCUT2D eigenvalue weighted by atomic mass is 16.2. The van der Waals surface area contributed by atoms with E-state index in [0.717, 1.165) is 12.1 Å². The first-order valence-electron chi connectivity index (χ1n) is 5.46. The van der Waals surface area contributed by atoms with E-state index < -0.39 is 0 Å². The third-order valence-electron chi connectivity index (χ3n) is 2.18. The van der Waals surface area contributed by atoms with Gasteiger partial charge in [0.15, 0.2) is 0 Å². The van der Waals surface area contributed by atoms with Crippen LogP contribution in [0.2, 0.25) is 0 Å². The molecule has 3 heteroatoms. The maximum absolute atomic E-state index is 11.3. The van der Waals surface area contributed by atoms with Crippen LogP contribution in [0.5, 0.6) is 0 Å². The van der Waals surface area contributed by atoms with Crippen LogP contribution < -0.4 is 5.43 Å². The molecule has 0 spiro atoms. The Kier molecular flexibility index (Phi) is 4.70. The number of carbonyl (C=O) groups is 1. The van der Waals surface area contributed by atoms with Gasteiger partial charge >= 0.3 is 0 Å². The molecular formula is C13H18N2O. The molecule has 0 aromatic heterocycles. The minimum atomic E-state index is -0.0487. The Morgan fingerprint density at radius 1 is 1.31 bits per heavy atom. The number of nitrogens with one attached hydrogen (secondary N) is 1. The average molecular weight is 218 g/mol. The number of hydrogen-bond donors (Lipinski definition) is 1. The van der Waals surface area contributed by atoms with Gasteiger partial charge < -0.3 is 0 Å². The summed E-state index contributed by atoms with van der Waals surface area (Å²) >= 11 is 0. The molecule has 0 aliphatic heterocycles. The third kappa shape index (κ3) is 4.26. The van der Waals surface area contributed by atoms with Gasteiger partial charge in [-0.05, 0) is 12.5 Å². The Morgan fingerprint density at radius 3 is 2.50 bits per heavy atom. The number of rotatable bonds is 4. The zero-order valence-corrected chi connectivity index (χ0v) is 10.0. The Labute approximate surface area is 96.6 Å². The first-order chi connectivity index (χ1) is 7.59. The second-order valence-electron chi connectivity index (χ2n) is 4.14. The predicted molar refractivity (Wildman–Crippen MR) is 66.2 cm³/mol. The molecule has 86 valence electrons. The van der Waals surface area contributed by atoms with Gasteiger partial charge in [0, 0.05) is 18.1 Å². The van der Waals surface area contributed by atoms with Crippen molar-refractivity contribution in [3.63, 3.8) is 0 Å². The number of carbonyl (C=O) groups excluding carboxylic acids is 1. The Hall–Kier alpha value is -1.64. The van der Waals surface area contributed by atoms with Crippen molar-refractivity contribution in [1.29, 1.82) is 0 Å². The summed E-state index contributed by atoms with van der Waals surface area (Å²) in [5.74, 6) is -0.0827. The third-order valence-corrected chi connectivity index (χ3v) is 2.18. The molecule has 3 nitrogen and oxygen atoms in total. The molecule has 16 heavy (non-hydrogen) atoms. The van der Waals surface area contributed by atoms with E-state index in [1.807, 2.05) is 51.1 Å². The van der Waals surface area contributed by atoms with Crippen LogP contribution in [0.15, 0.2) is 35.4 Å². The van der Waals surface area contributed by atoms with Crippen LogP contribution in [0.4, 0.5) is 0 Å². The number of amides is 1. The molecule has 1 rings (SSSR count). The largest absolute Gasteiger partial charge is 0.273 e. The summed E-state index contributed by atoms with van der Waals surface area (Å²) in [5.41, 5.74) is 4.65. The zero-order valence-electron chi connectivity index (χ0n) is 10.0. The number of nitrogens with zero attached hydrogens (tertiary/aromatic N) is 1. The van der Waals surface area contributed by atoms with Crippen LogP contribution in [0.25, 0.3) is 0 Å². The zero-order chi connectivity index (χ0) is 12.0. The van der Waals surface area contributed by atoms with Gasteiger partial charge in [0.2, 0.25) is 5.91 Å². The molecule has 0 aliphatic rings. The van der Waals surface area contributed by atoms with Gasteiger partial charge in [-0.1, -0.05) is 44.2 Å². The molecule has 1 N–H and O–H groups in total. The predicted octanol–water partition coefficient (Wildman–Crippen LogP) is 2.38. The molecule has 1 aromatic carbocycles. The Bertz CT molecular complexity index is 369. The molecule has 1 aromatic rings. The van der Waals surface area contributed by atoms with Crippen LogP contribution in [0, 0.1) is 5.92 Å².